The lowest BCUT2D eigenvalue weighted by atomic mass is 9.95. The third kappa shape index (κ3) is 2.54. The lowest BCUT2D eigenvalue weighted by Gasteiger charge is -2.38. The first-order chi connectivity index (χ1) is 9.81. The van der Waals surface area contributed by atoms with Crippen LogP contribution in [0, 0.1) is 0 Å². The Morgan fingerprint density at radius 3 is 3.15 bits per heavy atom. The molecule has 1 aliphatic heterocycles. The van der Waals surface area contributed by atoms with Gasteiger partial charge in [0.05, 0.1) is 6.04 Å². The number of pyridine rings is 1. The van der Waals surface area contributed by atoms with E-state index in [-0.39, 0.29) is 6.04 Å². The second-order valence-electron chi connectivity index (χ2n) is 5.21. The first-order valence-electron chi connectivity index (χ1n) is 6.88. The van der Waals surface area contributed by atoms with Crippen LogP contribution in [0.4, 0.5) is 0 Å². The number of fused-ring (bicyclic) bond motifs is 1. The Hall–Kier alpha value is -1.14. The van der Waals surface area contributed by atoms with E-state index in [0.29, 0.717) is 6.04 Å². The van der Waals surface area contributed by atoms with Crippen LogP contribution in [0.3, 0.4) is 0 Å². The minimum absolute atomic E-state index is 0.126. The van der Waals surface area contributed by atoms with E-state index in [2.05, 4.69) is 40.6 Å². The lowest BCUT2D eigenvalue weighted by molar-refractivity contribution is 0.217. The highest BCUT2D eigenvalue weighted by Gasteiger charge is 2.29. The average molecular weight is 288 g/mol. The van der Waals surface area contributed by atoms with E-state index in [1.807, 2.05) is 30.2 Å². The Kier molecular flexibility index (Phi) is 4.21. The Balaban J connectivity index is 2.02. The molecule has 0 aliphatic carbocycles. The fourth-order valence-electron chi connectivity index (χ4n) is 2.87. The van der Waals surface area contributed by atoms with Crippen LogP contribution in [0.1, 0.15) is 11.6 Å². The van der Waals surface area contributed by atoms with Gasteiger partial charge in [0, 0.05) is 41.9 Å². The van der Waals surface area contributed by atoms with Gasteiger partial charge in [-0.15, -0.1) is 0 Å². The molecule has 4 nitrogen and oxygen atoms in total. The van der Waals surface area contributed by atoms with Gasteiger partial charge in [0.1, 0.15) is 0 Å². The molecule has 1 aliphatic rings. The molecule has 106 valence electrons. The number of hydrogen-bond acceptors (Lipinski definition) is 5. The van der Waals surface area contributed by atoms with Crippen molar-refractivity contribution in [2.75, 3.05) is 25.1 Å². The number of benzene rings is 1. The molecule has 2 heterocycles. The van der Waals surface area contributed by atoms with Crippen LogP contribution in [0.2, 0.25) is 0 Å². The van der Waals surface area contributed by atoms with Gasteiger partial charge in [0.15, 0.2) is 0 Å². The molecule has 20 heavy (non-hydrogen) atoms. The van der Waals surface area contributed by atoms with Crippen molar-refractivity contribution in [3.63, 3.8) is 0 Å². The van der Waals surface area contributed by atoms with Crippen molar-refractivity contribution in [1.82, 2.24) is 15.3 Å². The number of hydrazine groups is 1. The maximum atomic E-state index is 5.88. The summed E-state index contributed by atoms with van der Waals surface area (Å²) in [6.07, 6.45) is 3.77. The zero-order valence-corrected chi connectivity index (χ0v) is 12.4. The predicted octanol–water partition coefficient (Wildman–Crippen LogP) is 1.79. The highest BCUT2D eigenvalue weighted by molar-refractivity contribution is 7.99. The van der Waals surface area contributed by atoms with Gasteiger partial charge in [0.2, 0.25) is 0 Å². The molecule has 2 atom stereocenters. The Morgan fingerprint density at radius 2 is 2.35 bits per heavy atom. The van der Waals surface area contributed by atoms with Gasteiger partial charge < -0.3 is 0 Å². The molecule has 3 rings (SSSR count). The Labute approximate surface area is 123 Å². The molecule has 1 aromatic carbocycles. The number of nitrogens with zero attached hydrogens (tertiary/aromatic N) is 2. The first kappa shape index (κ1) is 13.8. The van der Waals surface area contributed by atoms with Crippen LogP contribution < -0.4 is 11.3 Å². The Morgan fingerprint density at radius 1 is 1.45 bits per heavy atom. The van der Waals surface area contributed by atoms with Crippen molar-refractivity contribution >= 4 is 22.5 Å². The number of aromatic nitrogens is 1. The molecular formula is C15H20N4S. The molecule has 3 N–H and O–H groups in total. The van der Waals surface area contributed by atoms with Crippen molar-refractivity contribution < 1.29 is 0 Å². The number of nitrogens with one attached hydrogen (secondary N) is 1. The number of rotatable bonds is 3. The van der Waals surface area contributed by atoms with Crippen molar-refractivity contribution in [2.24, 2.45) is 5.84 Å². The Bertz CT molecular complexity index is 584. The van der Waals surface area contributed by atoms with Gasteiger partial charge in [-0.2, -0.15) is 11.8 Å². The smallest absolute Gasteiger partial charge is 0.0629 e. The summed E-state index contributed by atoms with van der Waals surface area (Å²) < 4.78 is 0. The molecule has 0 spiro atoms. The SMILES string of the molecule is CN1CCSCC1C(NN)c1cccc2ccncc12. The normalized spacial score (nSPS) is 22.0. The van der Waals surface area contributed by atoms with Crippen molar-refractivity contribution in [1.29, 1.82) is 0 Å². The summed E-state index contributed by atoms with van der Waals surface area (Å²) in [6.45, 7) is 1.11. The summed E-state index contributed by atoms with van der Waals surface area (Å²) in [7, 11) is 2.18. The van der Waals surface area contributed by atoms with E-state index >= 15 is 0 Å². The van der Waals surface area contributed by atoms with E-state index in [0.717, 1.165) is 12.3 Å². The van der Waals surface area contributed by atoms with Crippen LogP contribution >= 0.6 is 11.8 Å². The van der Waals surface area contributed by atoms with Crippen LogP contribution in [0.5, 0.6) is 0 Å². The lowest BCUT2D eigenvalue weighted by Crippen LogP contribution is -2.49. The molecule has 2 unspecified atom stereocenters. The summed E-state index contributed by atoms with van der Waals surface area (Å²) in [5.74, 6) is 8.18. The third-order valence-electron chi connectivity index (χ3n) is 4.06. The summed E-state index contributed by atoms with van der Waals surface area (Å²) in [5.41, 5.74) is 4.26. The summed E-state index contributed by atoms with van der Waals surface area (Å²) in [6, 6.07) is 8.95. The molecule has 5 heteroatoms. The second kappa shape index (κ2) is 6.10. The summed E-state index contributed by atoms with van der Waals surface area (Å²) in [5, 5.41) is 2.39. The van der Waals surface area contributed by atoms with E-state index in [9.17, 15) is 0 Å². The minimum atomic E-state index is 0.126. The van der Waals surface area contributed by atoms with E-state index in [1.165, 1.54) is 22.1 Å². The maximum Gasteiger partial charge on any atom is 0.0629 e. The van der Waals surface area contributed by atoms with E-state index < -0.39 is 0 Å². The number of thioether (sulfide) groups is 1. The van der Waals surface area contributed by atoms with Crippen LogP contribution in [-0.4, -0.2) is 41.0 Å². The molecule has 0 radical (unpaired) electrons. The average Bonchev–Trinajstić information content (AvgIpc) is 2.50. The van der Waals surface area contributed by atoms with Crippen molar-refractivity contribution in [3.05, 3.63) is 42.2 Å². The topological polar surface area (TPSA) is 54.2 Å². The van der Waals surface area contributed by atoms with Gasteiger partial charge in [-0.25, -0.2) is 0 Å². The van der Waals surface area contributed by atoms with E-state index in [1.54, 1.807) is 0 Å². The predicted molar refractivity (Wildman–Crippen MR) is 85.6 cm³/mol. The fourth-order valence-corrected chi connectivity index (χ4v) is 4.14. The molecule has 0 saturated carbocycles. The van der Waals surface area contributed by atoms with Crippen LogP contribution in [0.25, 0.3) is 10.8 Å². The zero-order valence-electron chi connectivity index (χ0n) is 11.6. The molecule has 1 saturated heterocycles. The molecule has 0 amide bonds. The highest BCUT2D eigenvalue weighted by Crippen LogP contribution is 2.30. The molecule has 0 bridgehead atoms. The van der Waals surface area contributed by atoms with Crippen molar-refractivity contribution in [2.45, 2.75) is 12.1 Å². The van der Waals surface area contributed by atoms with Gasteiger partial charge in [-0.05, 0) is 24.1 Å². The van der Waals surface area contributed by atoms with Gasteiger partial charge in [-0.3, -0.25) is 21.2 Å². The molecular weight excluding hydrogens is 268 g/mol. The fraction of sp³-hybridized carbons (Fsp3) is 0.400. The van der Waals surface area contributed by atoms with Gasteiger partial charge in [0.25, 0.3) is 0 Å². The van der Waals surface area contributed by atoms with Gasteiger partial charge in [-0.1, -0.05) is 18.2 Å². The number of likely N-dealkylation sites (N-methyl/N-ethyl adjacent to an activating group) is 1. The third-order valence-corrected chi connectivity index (χ3v) is 5.11. The van der Waals surface area contributed by atoms with Gasteiger partial charge >= 0.3 is 0 Å². The van der Waals surface area contributed by atoms with Crippen LogP contribution in [0.15, 0.2) is 36.7 Å². The van der Waals surface area contributed by atoms with E-state index in [4.69, 9.17) is 5.84 Å². The number of nitrogens with two attached hydrogens (primary N) is 1. The molecule has 2 aromatic rings. The highest BCUT2D eigenvalue weighted by atomic mass is 32.2. The largest absolute Gasteiger partial charge is 0.300 e. The van der Waals surface area contributed by atoms with Crippen LogP contribution in [-0.2, 0) is 0 Å². The standard InChI is InChI=1S/C15H20N4S/c1-19-7-8-20-10-14(19)15(18-16)12-4-2-3-11-5-6-17-9-13(11)12/h2-6,9,14-15,18H,7-8,10,16H2,1H3. The monoisotopic (exact) mass is 288 g/mol. The maximum absolute atomic E-state index is 5.88. The zero-order chi connectivity index (χ0) is 13.9. The molecule has 1 fully saturated rings. The molecule has 1 aromatic heterocycles. The summed E-state index contributed by atoms with van der Waals surface area (Å²) in [4.78, 5) is 6.67. The number of hydrogen-bond donors (Lipinski definition) is 2. The summed E-state index contributed by atoms with van der Waals surface area (Å²) >= 11 is 2.00. The minimum Gasteiger partial charge on any atom is -0.300 e. The quantitative estimate of drug-likeness (QED) is 0.666. The van der Waals surface area contributed by atoms with Crippen molar-refractivity contribution in [3.8, 4) is 0 Å². The first-order valence-corrected chi connectivity index (χ1v) is 8.03. The second-order valence-corrected chi connectivity index (χ2v) is 6.36.